The van der Waals surface area contributed by atoms with E-state index in [0.29, 0.717) is 28.8 Å². The van der Waals surface area contributed by atoms with Gasteiger partial charge in [-0.25, -0.2) is 9.78 Å². The number of aromatic nitrogens is 1. The second-order valence-corrected chi connectivity index (χ2v) is 5.89. The number of amides is 1. The highest BCUT2D eigenvalue weighted by molar-refractivity contribution is 5.94. The molecule has 2 aromatic carbocycles. The van der Waals surface area contributed by atoms with Gasteiger partial charge in [0, 0.05) is 17.9 Å². The maximum absolute atomic E-state index is 12.1. The van der Waals surface area contributed by atoms with E-state index >= 15 is 0 Å². The summed E-state index contributed by atoms with van der Waals surface area (Å²) in [5, 5.41) is 3.28. The number of nitrogens with zero attached hydrogens (tertiary/aromatic N) is 1. The number of nitrogens with one attached hydrogen (secondary N) is 1. The Morgan fingerprint density at radius 2 is 1.92 bits per heavy atom. The lowest BCUT2D eigenvalue weighted by molar-refractivity contribution is -0.124. The van der Waals surface area contributed by atoms with Crippen LogP contribution in [-0.2, 0) is 9.53 Å². The summed E-state index contributed by atoms with van der Waals surface area (Å²) in [6, 6.07) is 14.1. The van der Waals surface area contributed by atoms with Crippen LogP contribution in [-0.4, -0.2) is 23.6 Å². The molecule has 1 aromatic heterocycles. The molecule has 1 aliphatic heterocycles. The first kappa shape index (κ1) is 15.5. The molecule has 0 saturated carbocycles. The Balaban J connectivity index is 1.57. The highest BCUT2D eigenvalue weighted by atomic mass is 16.5. The molecule has 4 rings (SSSR count). The van der Waals surface area contributed by atoms with Gasteiger partial charge in [0.15, 0.2) is 0 Å². The molecule has 0 radical (unpaired) electrons. The van der Waals surface area contributed by atoms with Crippen LogP contribution in [0.25, 0.3) is 22.4 Å². The van der Waals surface area contributed by atoms with Crippen molar-refractivity contribution in [3.8, 4) is 11.5 Å². The number of para-hydroxylation sites is 1. The quantitative estimate of drug-likeness (QED) is 0.795. The Bertz CT molecular complexity index is 973. The molecule has 1 amide bonds. The van der Waals surface area contributed by atoms with Crippen LogP contribution in [0.4, 0.5) is 5.69 Å². The minimum Gasteiger partial charge on any atom is -0.403 e. The average Bonchev–Trinajstić information content (AvgIpc) is 3.17. The molecular weight excluding hydrogens is 320 g/mol. The van der Waals surface area contributed by atoms with Gasteiger partial charge in [-0.15, -0.1) is 0 Å². The summed E-state index contributed by atoms with van der Waals surface area (Å²) in [5.74, 6) is 0.112. The van der Waals surface area contributed by atoms with Crippen molar-refractivity contribution in [2.24, 2.45) is 0 Å². The van der Waals surface area contributed by atoms with Crippen molar-refractivity contribution in [3.05, 3.63) is 59.0 Å². The van der Waals surface area contributed by atoms with E-state index < -0.39 is 5.63 Å². The van der Waals surface area contributed by atoms with Crippen molar-refractivity contribution in [1.29, 1.82) is 0 Å². The van der Waals surface area contributed by atoms with E-state index in [-0.39, 0.29) is 17.9 Å². The van der Waals surface area contributed by atoms with Crippen LogP contribution < -0.4 is 10.9 Å². The van der Waals surface area contributed by atoms with Crippen molar-refractivity contribution in [2.45, 2.75) is 18.9 Å². The van der Waals surface area contributed by atoms with Crippen LogP contribution in [0.1, 0.15) is 12.8 Å². The van der Waals surface area contributed by atoms with E-state index in [9.17, 15) is 9.59 Å². The number of benzene rings is 2. The van der Waals surface area contributed by atoms with Crippen molar-refractivity contribution < 1.29 is 13.9 Å². The van der Waals surface area contributed by atoms with Crippen LogP contribution >= 0.6 is 0 Å². The number of carbonyl (C=O) groups excluding carboxylic acids is 1. The molecule has 1 aliphatic rings. The Kier molecular flexibility index (Phi) is 4.03. The molecule has 1 N–H and O–H groups in total. The minimum absolute atomic E-state index is 0.138. The van der Waals surface area contributed by atoms with E-state index in [1.165, 1.54) is 0 Å². The van der Waals surface area contributed by atoms with E-state index in [1.807, 2.05) is 6.07 Å². The standard InChI is InChI=1S/C19H16N2O4/c22-17(16-6-3-11-24-16)20-13-9-7-12(8-10-13)18-21-15-5-2-1-4-14(15)19(23)25-18/h1-2,4-5,7-10,16H,3,6,11H2,(H,20,22)/t16-/m0/s1. The number of hydrogen-bond donors (Lipinski definition) is 1. The first-order valence-electron chi connectivity index (χ1n) is 8.13. The van der Waals surface area contributed by atoms with Gasteiger partial charge in [-0.2, -0.15) is 0 Å². The fraction of sp³-hybridized carbons (Fsp3) is 0.211. The molecule has 6 nitrogen and oxygen atoms in total. The molecule has 1 atom stereocenters. The number of hydrogen-bond acceptors (Lipinski definition) is 5. The van der Waals surface area contributed by atoms with Crippen molar-refractivity contribution in [3.63, 3.8) is 0 Å². The van der Waals surface area contributed by atoms with E-state index in [4.69, 9.17) is 9.15 Å². The lowest BCUT2D eigenvalue weighted by Gasteiger charge is -2.10. The van der Waals surface area contributed by atoms with E-state index in [0.717, 1.165) is 12.8 Å². The molecule has 1 saturated heterocycles. The number of anilines is 1. The van der Waals surface area contributed by atoms with Gasteiger partial charge >= 0.3 is 5.63 Å². The Morgan fingerprint density at radius 1 is 1.12 bits per heavy atom. The smallest absolute Gasteiger partial charge is 0.347 e. The third-order valence-corrected chi connectivity index (χ3v) is 4.16. The lowest BCUT2D eigenvalue weighted by atomic mass is 10.2. The predicted molar refractivity (Wildman–Crippen MR) is 93.3 cm³/mol. The molecule has 0 aliphatic carbocycles. The van der Waals surface area contributed by atoms with Crippen LogP contribution in [0, 0.1) is 0 Å². The summed E-state index contributed by atoms with van der Waals surface area (Å²) < 4.78 is 10.7. The fourth-order valence-electron chi connectivity index (χ4n) is 2.85. The van der Waals surface area contributed by atoms with Crippen LogP contribution in [0.5, 0.6) is 0 Å². The van der Waals surface area contributed by atoms with Crippen molar-refractivity contribution in [2.75, 3.05) is 11.9 Å². The molecule has 1 fully saturated rings. The SMILES string of the molecule is O=C(Nc1ccc(-c2nc3ccccc3c(=O)o2)cc1)[C@@H]1CCCO1. The first-order valence-corrected chi connectivity index (χ1v) is 8.13. The zero-order chi connectivity index (χ0) is 17.2. The molecule has 2 heterocycles. The number of ether oxygens (including phenoxy) is 1. The number of carbonyl (C=O) groups is 1. The monoisotopic (exact) mass is 336 g/mol. The fourth-order valence-corrected chi connectivity index (χ4v) is 2.85. The third kappa shape index (κ3) is 3.16. The molecule has 126 valence electrons. The van der Waals surface area contributed by atoms with Gasteiger partial charge < -0.3 is 14.5 Å². The lowest BCUT2D eigenvalue weighted by Crippen LogP contribution is -2.26. The summed E-state index contributed by atoms with van der Waals surface area (Å²) >= 11 is 0. The van der Waals surface area contributed by atoms with Crippen LogP contribution in [0.15, 0.2) is 57.7 Å². The Labute approximate surface area is 143 Å². The zero-order valence-corrected chi connectivity index (χ0v) is 13.4. The second kappa shape index (κ2) is 6.49. The zero-order valence-electron chi connectivity index (χ0n) is 13.4. The maximum Gasteiger partial charge on any atom is 0.347 e. The average molecular weight is 336 g/mol. The topological polar surface area (TPSA) is 81.4 Å². The second-order valence-electron chi connectivity index (χ2n) is 5.89. The van der Waals surface area contributed by atoms with Gasteiger partial charge in [0.2, 0.25) is 5.89 Å². The van der Waals surface area contributed by atoms with Gasteiger partial charge in [-0.1, -0.05) is 12.1 Å². The highest BCUT2D eigenvalue weighted by Crippen LogP contribution is 2.21. The van der Waals surface area contributed by atoms with Gasteiger partial charge in [-0.3, -0.25) is 4.79 Å². The van der Waals surface area contributed by atoms with Crippen LogP contribution in [0.3, 0.4) is 0 Å². The van der Waals surface area contributed by atoms with Gasteiger partial charge in [0.05, 0.1) is 10.9 Å². The number of rotatable bonds is 3. The summed E-state index contributed by atoms with van der Waals surface area (Å²) in [4.78, 5) is 28.5. The molecule has 0 spiro atoms. The molecule has 3 aromatic rings. The molecular formula is C19H16N2O4. The first-order chi connectivity index (χ1) is 12.2. The summed E-state index contributed by atoms with van der Waals surface area (Å²) in [6.07, 6.45) is 1.28. The molecule has 25 heavy (non-hydrogen) atoms. The molecule has 0 unspecified atom stereocenters. The van der Waals surface area contributed by atoms with Crippen molar-refractivity contribution in [1.82, 2.24) is 4.98 Å². The van der Waals surface area contributed by atoms with E-state index in [2.05, 4.69) is 10.3 Å². The minimum atomic E-state index is -0.420. The van der Waals surface area contributed by atoms with Gasteiger partial charge in [0.1, 0.15) is 6.10 Å². The number of fused-ring (bicyclic) bond motifs is 1. The third-order valence-electron chi connectivity index (χ3n) is 4.16. The Morgan fingerprint density at radius 3 is 2.68 bits per heavy atom. The summed E-state index contributed by atoms with van der Waals surface area (Å²) in [7, 11) is 0. The predicted octanol–water partition coefficient (Wildman–Crippen LogP) is 2.97. The highest BCUT2D eigenvalue weighted by Gasteiger charge is 2.23. The van der Waals surface area contributed by atoms with Crippen LogP contribution in [0.2, 0.25) is 0 Å². The van der Waals surface area contributed by atoms with Gasteiger partial charge in [0.25, 0.3) is 5.91 Å². The normalized spacial score (nSPS) is 16.9. The van der Waals surface area contributed by atoms with Gasteiger partial charge in [-0.05, 0) is 49.2 Å². The maximum atomic E-state index is 12.1. The summed E-state index contributed by atoms with van der Waals surface area (Å²) in [5.41, 5.74) is 1.49. The Hall–Kier alpha value is -2.99. The molecule has 0 bridgehead atoms. The molecule has 6 heteroatoms. The van der Waals surface area contributed by atoms with E-state index in [1.54, 1.807) is 42.5 Å². The van der Waals surface area contributed by atoms with Crippen molar-refractivity contribution >= 4 is 22.5 Å². The summed E-state index contributed by atoms with van der Waals surface area (Å²) in [6.45, 7) is 0.629. The largest absolute Gasteiger partial charge is 0.403 e.